The zero-order valence-electron chi connectivity index (χ0n) is 25.5. The van der Waals surface area contributed by atoms with E-state index in [0.717, 1.165) is 51.0 Å². The van der Waals surface area contributed by atoms with Crippen molar-refractivity contribution in [3.63, 3.8) is 0 Å². The fraction of sp³-hybridized carbons (Fsp3) is 0.333. The summed E-state index contributed by atoms with van der Waals surface area (Å²) in [6.07, 6.45) is 15.3. The first-order valence-electron chi connectivity index (χ1n) is 15.2. The lowest BCUT2D eigenvalue weighted by Crippen LogP contribution is -2.33. The molecular formula is C30H30BClF2N10O4. The van der Waals surface area contributed by atoms with E-state index in [2.05, 4.69) is 39.9 Å². The molecule has 0 bridgehead atoms. The van der Waals surface area contributed by atoms with Crippen molar-refractivity contribution in [3.05, 3.63) is 79.0 Å². The van der Waals surface area contributed by atoms with Crippen LogP contribution in [0.4, 0.5) is 8.78 Å². The van der Waals surface area contributed by atoms with Gasteiger partial charge in [0.25, 0.3) is 0 Å². The molecule has 2 unspecified atom stereocenters. The summed E-state index contributed by atoms with van der Waals surface area (Å²) in [6, 6.07) is 6.00. The molecule has 0 amide bonds. The molecule has 48 heavy (non-hydrogen) atoms. The van der Waals surface area contributed by atoms with E-state index >= 15 is 0 Å². The second-order valence-electron chi connectivity index (χ2n) is 10.8. The van der Waals surface area contributed by atoms with Crippen LogP contribution in [-0.4, -0.2) is 79.4 Å². The number of pyridine rings is 2. The van der Waals surface area contributed by atoms with Crippen LogP contribution < -0.4 is 5.46 Å². The highest BCUT2D eigenvalue weighted by Gasteiger charge is 2.22. The van der Waals surface area contributed by atoms with E-state index in [9.17, 15) is 8.78 Å². The maximum absolute atomic E-state index is 13.9. The van der Waals surface area contributed by atoms with Gasteiger partial charge in [-0.2, -0.15) is 8.78 Å². The minimum Gasteiger partial charge on any atom is -0.423 e. The van der Waals surface area contributed by atoms with Crippen LogP contribution in [0.3, 0.4) is 0 Å². The van der Waals surface area contributed by atoms with E-state index in [1.165, 1.54) is 43.6 Å². The topological polar surface area (TPSA) is 172 Å². The second kappa shape index (κ2) is 15.6. The molecule has 0 aromatic carbocycles. The van der Waals surface area contributed by atoms with Crippen LogP contribution in [0.15, 0.2) is 62.0 Å². The number of nitrogens with zero attached hydrogens (tertiary/aromatic N) is 10. The van der Waals surface area contributed by atoms with Gasteiger partial charge in [-0.15, -0.1) is 0 Å². The smallest absolute Gasteiger partial charge is 0.423 e. The summed E-state index contributed by atoms with van der Waals surface area (Å²) in [5.41, 5.74) is 3.16. The Labute approximate surface area is 278 Å². The molecule has 0 aliphatic carbocycles. The number of aromatic nitrogens is 10. The lowest BCUT2D eigenvalue weighted by molar-refractivity contribution is -0.0299. The molecule has 6 aromatic heterocycles. The Morgan fingerprint density at radius 1 is 0.708 bits per heavy atom. The Kier molecular flexibility index (Phi) is 10.8. The molecule has 2 N–H and O–H groups in total. The van der Waals surface area contributed by atoms with Crippen molar-refractivity contribution in [1.29, 1.82) is 0 Å². The molecule has 8 rings (SSSR count). The van der Waals surface area contributed by atoms with Crippen molar-refractivity contribution in [2.45, 2.75) is 51.0 Å². The number of ether oxygens (including phenoxy) is 2. The number of imidazole rings is 2. The van der Waals surface area contributed by atoms with E-state index in [1.807, 2.05) is 9.13 Å². The van der Waals surface area contributed by atoms with Crippen LogP contribution >= 0.6 is 11.6 Å². The van der Waals surface area contributed by atoms with Crippen molar-refractivity contribution in [2.24, 2.45) is 0 Å². The third-order valence-corrected chi connectivity index (χ3v) is 7.96. The number of fused-ring (bicyclic) bond motifs is 2. The van der Waals surface area contributed by atoms with Gasteiger partial charge in [0.15, 0.2) is 16.4 Å². The monoisotopic (exact) mass is 678 g/mol. The first-order chi connectivity index (χ1) is 23.4. The van der Waals surface area contributed by atoms with Gasteiger partial charge in [0.2, 0.25) is 11.9 Å². The van der Waals surface area contributed by atoms with Gasteiger partial charge in [-0.3, -0.25) is 9.13 Å². The molecule has 0 saturated carbocycles. The Morgan fingerprint density at radius 3 is 1.85 bits per heavy atom. The zero-order valence-corrected chi connectivity index (χ0v) is 26.2. The fourth-order valence-electron chi connectivity index (χ4n) is 5.33. The molecule has 14 nitrogen and oxygen atoms in total. The van der Waals surface area contributed by atoms with Crippen molar-refractivity contribution >= 4 is 46.5 Å². The number of hydrogen-bond donors (Lipinski definition) is 2. The summed E-state index contributed by atoms with van der Waals surface area (Å²) < 4.78 is 41.6. The van der Waals surface area contributed by atoms with E-state index in [4.69, 9.17) is 31.1 Å². The average molecular weight is 679 g/mol. The average Bonchev–Trinajstić information content (AvgIpc) is 3.76. The summed E-state index contributed by atoms with van der Waals surface area (Å²) in [4.78, 5) is 32.1. The summed E-state index contributed by atoms with van der Waals surface area (Å²) in [5, 5.41) is 17.3. The highest BCUT2D eigenvalue weighted by molar-refractivity contribution is 6.58. The first-order valence-corrected chi connectivity index (χ1v) is 15.6. The summed E-state index contributed by atoms with van der Waals surface area (Å²) in [6.45, 7) is 1.53. The number of halogens is 3. The number of hydrogen-bond acceptors (Lipinski definition) is 12. The van der Waals surface area contributed by atoms with E-state index in [0.29, 0.717) is 33.1 Å². The molecule has 2 atom stereocenters. The lowest BCUT2D eigenvalue weighted by atomic mass is 9.81. The molecule has 2 fully saturated rings. The van der Waals surface area contributed by atoms with Gasteiger partial charge in [-0.1, -0.05) is 17.7 Å². The van der Waals surface area contributed by atoms with Gasteiger partial charge in [0.1, 0.15) is 41.8 Å². The molecular weight excluding hydrogens is 649 g/mol. The van der Waals surface area contributed by atoms with Crippen LogP contribution in [0.2, 0.25) is 5.15 Å². The molecule has 8 heterocycles. The Balaban J connectivity index is 0.000000135. The van der Waals surface area contributed by atoms with Gasteiger partial charge in [-0.25, -0.2) is 39.9 Å². The van der Waals surface area contributed by atoms with Crippen molar-refractivity contribution in [2.75, 3.05) is 13.2 Å². The minimum absolute atomic E-state index is 0.0321. The third-order valence-electron chi connectivity index (χ3n) is 7.69. The van der Waals surface area contributed by atoms with Crippen LogP contribution in [0.25, 0.3) is 33.6 Å². The van der Waals surface area contributed by atoms with Crippen LogP contribution in [0, 0.1) is 11.9 Å². The fourth-order valence-corrected chi connectivity index (χ4v) is 5.51. The highest BCUT2D eigenvalue weighted by Crippen LogP contribution is 2.30. The summed E-state index contributed by atoms with van der Waals surface area (Å²) in [5.74, 6) is -1.41. The Hall–Kier alpha value is -4.55. The van der Waals surface area contributed by atoms with Gasteiger partial charge in [-0.05, 0) is 56.7 Å². The second-order valence-corrected chi connectivity index (χ2v) is 11.1. The van der Waals surface area contributed by atoms with Crippen LogP contribution in [0.5, 0.6) is 0 Å². The van der Waals surface area contributed by atoms with Crippen molar-refractivity contribution in [1.82, 2.24) is 49.0 Å². The molecule has 0 radical (unpaired) electrons. The van der Waals surface area contributed by atoms with E-state index < -0.39 is 19.0 Å². The van der Waals surface area contributed by atoms with Gasteiger partial charge in [0, 0.05) is 31.1 Å². The quantitative estimate of drug-likeness (QED) is 0.157. The van der Waals surface area contributed by atoms with Crippen molar-refractivity contribution < 1.29 is 28.3 Å². The molecule has 2 aliphatic heterocycles. The predicted molar refractivity (Wildman–Crippen MR) is 171 cm³/mol. The van der Waals surface area contributed by atoms with Gasteiger partial charge >= 0.3 is 7.12 Å². The van der Waals surface area contributed by atoms with E-state index in [-0.39, 0.29) is 17.9 Å². The first kappa shape index (κ1) is 33.4. The zero-order chi connectivity index (χ0) is 33.5. The standard InChI is InChI=1S/C15H14FN5O.C10H11ClN4O.C5H5BFNO2/c16-14-10(4-3-6-17-14)12-13-15(19-8-18-12)21(9-20-13)11-5-1-2-7-22-11;11-9-8-10(13-5-12-9)15(6-14-8)7-3-1-2-4-16-7;7-5-4(6(9)10)2-1-3-8-5/h3-4,6,8-9,11H,1-2,5,7H2;5-7H,1-4H2;1-3,9-10H. The van der Waals surface area contributed by atoms with Crippen LogP contribution in [-0.2, 0) is 9.47 Å². The maximum Gasteiger partial charge on any atom is 0.493 e. The molecule has 18 heteroatoms. The SMILES string of the molecule is Clc1ncnc2c1ncn2C1CCCCO1.Fc1ncccc1-c1ncnc2c1ncn2C1CCCCO1.OB(O)c1cccnc1F. The minimum atomic E-state index is -1.78. The lowest BCUT2D eigenvalue weighted by Gasteiger charge is -2.23. The molecule has 0 spiro atoms. The molecule has 2 saturated heterocycles. The molecule has 248 valence electrons. The largest absolute Gasteiger partial charge is 0.493 e. The Bertz CT molecular complexity index is 1970. The predicted octanol–water partition coefficient (Wildman–Crippen LogP) is 3.81. The van der Waals surface area contributed by atoms with Crippen molar-refractivity contribution in [3.8, 4) is 11.3 Å². The highest BCUT2D eigenvalue weighted by atomic mass is 35.5. The normalized spacial score (nSPS) is 17.7. The van der Waals surface area contributed by atoms with Gasteiger partial charge < -0.3 is 19.5 Å². The maximum atomic E-state index is 13.9. The Morgan fingerprint density at radius 2 is 1.29 bits per heavy atom. The third kappa shape index (κ3) is 7.45. The van der Waals surface area contributed by atoms with Crippen LogP contribution in [0.1, 0.15) is 51.0 Å². The van der Waals surface area contributed by atoms with Gasteiger partial charge in [0.05, 0.1) is 18.2 Å². The number of rotatable bonds is 4. The molecule has 2 aliphatic rings. The molecule has 6 aromatic rings. The van der Waals surface area contributed by atoms with E-state index in [1.54, 1.807) is 24.8 Å². The summed E-state index contributed by atoms with van der Waals surface area (Å²) in [7, 11) is -1.78. The summed E-state index contributed by atoms with van der Waals surface area (Å²) >= 11 is 5.94.